The summed E-state index contributed by atoms with van der Waals surface area (Å²) in [6.07, 6.45) is 0. The molecule has 2 aromatic rings. The van der Waals surface area contributed by atoms with Crippen LogP contribution in [0.2, 0.25) is 0 Å². The van der Waals surface area contributed by atoms with E-state index in [0.717, 1.165) is 45.4 Å². The van der Waals surface area contributed by atoms with Gasteiger partial charge in [-0.25, -0.2) is 19.2 Å². The zero-order chi connectivity index (χ0) is 26.3. The van der Waals surface area contributed by atoms with Crippen LogP contribution in [0.3, 0.4) is 0 Å². The van der Waals surface area contributed by atoms with Crippen molar-refractivity contribution in [2.75, 3.05) is 25.0 Å². The van der Waals surface area contributed by atoms with Gasteiger partial charge in [0.15, 0.2) is 11.5 Å². The zero-order valence-corrected chi connectivity index (χ0v) is 18.6. The fraction of sp³-hybridized carbons (Fsp3) is 0.136. The molecule has 0 aliphatic heterocycles. The summed E-state index contributed by atoms with van der Waals surface area (Å²) in [5.74, 6) is -6.35. The summed E-state index contributed by atoms with van der Waals surface area (Å²) in [5.41, 5.74) is 0.370. The van der Waals surface area contributed by atoms with Crippen molar-refractivity contribution < 1.29 is 48.5 Å². The third kappa shape index (κ3) is 6.47. The highest BCUT2D eigenvalue weighted by Crippen LogP contribution is 2.20. The third-order valence-corrected chi connectivity index (χ3v) is 4.37. The van der Waals surface area contributed by atoms with Crippen molar-refractivity contribution in [2.24, 2.45) is 5.10 Å². The van der Waals surface area contributed by atoms with Crippen LogP contribution in [-0.2, 0) is 19.1 Å². The molecule has 0 spiro atoms. The number of methoxy groups -OCH3 is 2. The summed E-state index contributed by atoms with van der Waals surface area (Å²) in [4.78, 5) is 71.2. The third-order valence-electron chi connectivity index (χ3n) is 4.37. The molecule has 0 saturated heterocycles. The number of hydrazone groups is 1. The Labute approximate surface area is 197 Å². The fourth-order valence-electron chi connectivity index (χ4n) is 2.71. The second-order valence-electron chi connectivity index (χ2n) is 6.74. The van der Waals surface area contributed by atoms with Gasteiger partial charge in [0.2, 0.25) is 0 Å². The van der Waals surface area contributed by atoms with Gasteiger partial charge < -0.3 is 25.0 Å². The number of carbonyl (C=O) groups is 6. The quantitative estimate of drug-likeness (QED) is 0.174. The minimum absolute atomic E-state index is 0.0124. The molecule has 13 heteroatoms. The Kier molecular flexibility index (Phi) is 8.36. The Hall–Kier alpha value is -5.07. The number of Topliss-reactive ketones (excluding diaryl/α,β-unsaturated/α-hetero) is 1. The normalized spacial score (nSPS) is 10.7. The first-order chi connectivity index (χ1) is 16.5. The van der Waals surface area contributed by atoms with E-state index in [2.05, 4.69) is 25.3 Å². The van der Waals surface area contributed by atoms with Crippen LogP contribution < -0.4 is 10.7 Å². The van der Waals surface area contributed by atoms with Crippen LogP contribution >= 0.6 is 0 Å². The van der Waals surface area contributed by atoms with Crippen molar-refractivity contribution in [3.05, 3.63) is 58.7 Å². The monoisotopic (exact) mass is 485 g/mol. The van der Waals surface area contributed by atoms with Gasteiger partial charge in [0.1, 0.15) is 0 Å². The van der Waals surface area contributed by atoms with Crippen molar-refractivity contribution in [1.82, 2.24) is 0 Å². The smallest absolute Gasteiger partial charge is 0.339 e. The van der Waals surface area contributed by atoms with Gasteiger partial charge in [-0.05, 0) is 36.4 Å². The number of aromatic carboxylic acids is 2. The van der Waals surface area contributed by atoms with E-state index in [1.54, 1.807) is 0 Å². The molecule has 0 unspecified atom stereocenters. The van der Waals surface area contributed by atoms with E-state index in [-0.39, 0.29) is 33.6 Å². The maximum Gasteiger partial charge on any atom is 0.339 e. The first-order valence-corrected chi connectivity index (χ1v) is 9.56. The molecule has 0 saturated carbocycles. The van der Waals surface area contributed by atoms with E-state index in [9.17, 15) is 28.8 Å². The lowest BCUT2D eigenvalue weighted by Gasteiger charge is -2.12. The number of esters is 2. The number of hydrogen-bond acceptors (Lipinski definition) is 10. The van der Waals surface area contributed by atoms with Crippen LogP contribution in [0.15, 0.2) is 41.5 Å². The molecule has 0 aliphatic carbocycles. The molecule has 0 fully saturated rings. The van der Waals surface area contributed by atoms with E-state index < -0.39 is 41.3 Å². The van der Waals surface area contributed by atoms with Crippen LogP contribution in [0.1, 0.15) is 48.4 Å². The number of benzene rings is 2. The summed E-state index contributed by atoms with van der Waals surface area (Å²) in [6, 6.07) is 6.62. The molecule has 0 radical (unpaired) electrons. The molecule has 1 amide bonds. The van der Waals surface area contributed by atoms with E-state index in [1.807, 2.05) is 0 Å². The summed E-state index contributed by atoms with van der Waals surface area (Å²) in [6.45, 7) is 1.02. The molecule has 0 atom stereocenters. The molecule has 182 valence electrons. The Balaban J connectivity index is 2.44. The number of carboxylic acids is 2. The Morgan fingerprint density at radius 3 is 1.86 bits per heavy atom. The van der Waals surface area contributed by atoms with Crippen LogP contribution in [-0.4, -0.2) is 65.7 Å². The molecule has 4 N–H and O–H groups in total. The number of amides is 1. The average molecular weight is 485 g/mol. The van der Waals surface area contributed by atoms with Gasteiger partial charge in [-0.1, -0.05) is 0 Å². The summed E-state index contributed by atoms with van der Waals surface area (Å²) in [7, 11) is 2.24. The number of carbonyl (C=O) groups excluding carboxylic acids is 4. The highest BCUT2D eigenvalue weighted by molar-refractivity contribution is 6.67. The highest BCUT2D eigenvalue weighted by atomic mass is 16.5. The summed E-state index contributed by atoms with van der Waals surface area (Å²) in [5, 5.41) is 24.3. The predicted octanol–water partition coefficient (Wildman–Crippen LogP) is 1.65. The second kappa shape index (κ2) is 11.2. The van der Waals surface area contributed by atoms with Crippen molar-refractivity contribution in [3.63, 3.8) is 0 Å². The SMILES string of the molecule is COC(=O)c1ccc(C(=O)OC)c(NC(=O)/C(=N\Nc2cc(C(=O)O)cc(C(=O)O)c2)C(C)=O)c1. The van der Waals surface area contributed by atoms with Crippen molar-refractivity contribution >= 4 is 52.7 Å². The van der Waals surface area contributed by atoms with E-state index >= 15 is 0 Å². The van der Waals surface area contributed by atoms with Crippen LogP contribution in [0, 0.1) is 0 Å². The molecule has 0 aliphatic rings. The number of carboxylic acid groups (broad SMARTS) is 2. The van der Waals surface area contributed by atoms with Crippen LogP contribution in [0.4, 0.5) is 11.4 Å². The van der Waals surface area contributed by atoms with Gasteiger partial charge >= 0.3 is 23.9 Å². The van der Waals surface area contributed by atoms with Gasteiger partial charge in [-0.2, -0.15) is 5.10 Å². The van der Waals surface area contributed by atoms with Gasteiger partial charge in [0.05, 0.1) is 47.8 Å². The summed E-state index contributed by atoms with van der Waals surface area (Å²) < 4.78 is 9.26. The molecule has 0 heterocycles. The number of hydrogen-bond donors (Lipinski definition) is 4. The van der Waals surface area contributed by atoms with Crippen molar-refractivity contribution in [2.45, 2.75) is 6.92 Å². The van der Waals surface area contributed by atoms with Gasteiger partial charge in [0, 0.05) is 6.92 Å². The number of anilines is 2. The van der Waals surface area contributed by atoms with Gasteiger partial charge in [0.25, 0.3) is 5.91 Å². The molecule has 0 aromatic heterocycles. The number of ether oxygens (including phenoxy) is 2. The Morgan fingerprint density at radius 1 is 0.800 bits per heavy atom. The average Bonchev–Trinajstić information content (AvgIpc) is 2.82. The zero-order valence-electron chi connectivity index (χ0n) is 18.6. The van der Waals surface area contributed by atoms with E-state index in [1.165, 1.54) is 12.1 Å². The molecule has 13 nitrogen and oxygen atoms in total. The largest absolute Gasteiger partial charge is 0.478 e. The van der Waals surface area contributed by atoms with Crippen LogP contribution in [0.5, 0.6) is 0 Å². The van der Waals surface area contributed by atoms with Crippen molar-refractivity contribution in [1.29, 1.82) is 0 Å². The summed E-state index contributed by atoms with van der Waals surface area (Å²) >= 11 is 0. The lowest BCUT2D eigenvalue weighted by molar-refractivity contribution is -0.114. The Morgan fingerprint density at radius 2 is 1.37 bits per heavy atom. The lowest BCUT2D eigenvalue weighted by atomic mass is 10.1. The number of nitrogens with zero attached hydrogens (tertiary/aromatic N) is 1. The van der Waals surface area contributed by atoms with Gasteiger partial charge in [-0.3, -0.25) is 15.0 Å². The number of ketones is 1. The molecule has 0 bridgehead atoms. The second-order valence-corrected chi connectivity index (χ2v) is 6.74. The van der Waals surface area contributed by atoms with Crippen molar-refractivity contribution in [3.8, 4) is 0 Å². The highest BCUT2D eigenvalue weighted by Gasteiger charge is 2.22. The van der Waals surface area contributed by atoms with E-state index in [0.29, 0.717) is 0 Å². The number of nitrogens with one attached hydrogen (secondary N) is 2. The molecule has 2 rings (SSSR count). The minimum Gasteiger partial charge on any atom is -0.478 e. The Bertz CT molecular complexity index is 1230. The maximum absolute atomic E-state index is 12.8. The maximum atomic E-state index is 12.8. The minimum atomic E-state index is -1.41. The predicted molar refractivity (Wildman–Crippen MR) is 120 cm³/mol. The topological polar surface area (TPSA) is 198 Å². The van der Waals surface area contributed by atoms with Gasteiger partial charge in [-0.15, -0.1) is 0 Å². The standard InChI is InChI=1S/C22H19N3O10/c1-10(26)17(25-24-14-7-12(19(28)29)6-13(8-14)20(30)31)18(27)23-16-9-11(21(32)34-2)4-5-15(16)22(33)35-3/h4-9,24H,1-3H3,(H,23,27)(H,28,29)(H,30,31)/b25-17-. The fourth-order valence-corrected chi connectivity index (χ4v) is 2.71. The molecular weight excluding hydrogens is 466 g/mol. The van der Waals surface area contributed by atoms with Crippen LogP contribution in [0.25, 0.3) is 0 Å². The van der Waals surface area contributed by atoms with E-state index in [4.69, 9.17) is 10.2 Å². The lowest BCUT2D eigenvalue weighted by Crippen LogP contribution is -2.30. The molecular formula is C22H19N3O10. The number of rotatable bonds is 9. The first kappa shape index (κ1) is 26.2. The molecule has 2 aromatic carbocycles. The first-order valence-electron chi connectivity index (χ1n) is 9.56. The molecule has 35 heavy (non-hydrogen) atoms.